The number of pyridine rings is 1. The summed E-state index contributed by atoms with van der Waals surface area (Å²) < 4.78 is 4.76. The zero-order valence-corrected chi connectivity index (χ0v) is 9.64. The van der Waals surface area contributed by atoms with Crippen LogP contribution in [0.15, 0.2) is 37.1 Å². The standard InChI is InChI=1S/C13H14N2O2/c1-3-11(14)12-9-10(7-8-15-12)5-6-13(16)17-4-2/h3,5-9,14H,1,4H2,2H3/b6-5+,14-11?. The van der Waals surface area contributed by atoms with Crippen molar-refractivity contribution in [2.24, 2.45) is 0 Å². The second-order valence-corrected chi connectivity index (χ2v) is 3.18. The van der Waals surface area contributed by atoms with E-state index in [9.17, 15) is 4.79 Å². The molecule has 1 rings (SSSR count). The first-order valence-electron chi connectivity index (χ1n) is 5.19. The molecule has 0 fully saturated rings. The fourth-order valence-corrected chi connectivity index (χ4v) is 1.16. The highest BCUT2D eigenvalue weighted by atomic mass is 16.5. The summed E-state index contributed by atoms with van der Waals surface area (Å²) in [6.45, 7) is 5.61. The molecule has 17 heavy (non-hydrogen) atoms. The van der Waals surface area contributed by atoms with Gasteiger partial charge in [0.25, 0.3) is 0 Å². The van der Waals surface area contributed by atoms with Crippen molar-refractivity contribution in [3.8, 4) is 0 Å². The third-order valence-corrected chi connectivity index (χ3v) is 1.96. The van der Waals surface area contributed by atoms with Crippen molar-refractivity contribution in [3.63, 3.8) is 0 Å². The topological polar surface area (TPSA) is 63.0 Å². The third kappa shape index (κ3) is 4.03. The van der Waals surface area contributed by atoms with Crippen molar-refractivity contribution in [2.75, 3.05) is 6.61 Å². The van der Waals surface area contributed by atoms with Gasteiger partial charge in [-0.2, -0.15) is 0 Å². The Labute approximate surface area is 100 Å². The Morgan fingerprint density at radius 1 is 1.65 bits per heavy atom. The van der Waals surface area contributed by atoms with Crippen LogP contribution in [0.3, 0.4) is 0 Å². The van der Waals surface area contributed by atoms with E-state index >= 15 is 0 Å². The molecule has 1 aromatic heterocycles. The van der Waals surface area contributed by atoms with Gasteiger partial charge in [0.2, 0.25) is 0 Å². The second kappa shape index (κ2) is 6.37. The zero-order chi connectivity index (χ0) is 12.7. The Morgan fingerprint density at radius 3 is 3.06 bits per heavy atom. The smallest absolute Gasteiger partial charge is 0.330 e. The van der Waals surface area contributed by atoms with E-state index in [1.165, 1.54) is 12.2 Å². The van der Waals surface area contributed by atoms with Gasteiger partial charge in [-0.05, 0) is 36.8 Å². The predicted molar refractivity (Wildman–Crippen MR) is 66.9 cm³/mol. The largest absolute Gasteiger partial charge is 0.463 e. The van der Waals surface area contributed by atoms with Gasteiger partial charge in [0.05, 0.1) is 18.0 Å². The van der Waals surface area contributed by atoms with E-state index in [0.717, 1.165) is 5.56 Å². The number of carbonyl (C=O) groups is 1. The number of hydrogen-bond donors (Lipinski definition) is 1. The summed E-state index contributed by atoms with van der Waals surface area (Å²) in [5.41, 5.74) is 1.55. The highest BCUT2D eigenvalue weighted by molar-refractivity contribution is 6.05. The van der Waals surface area contributed by atoms with Crippen LogP contribution in [-0.4, -0.2) is 23.3 Å². The molecule has 1 aromatic rings. The SMILES string of the molecule is C=CC(=N)c1cc(/C=C/C(=O)OCC)ccn1. The van der Waals surface area contributed by atoms with Crippen LogP contribution in [0.5, 0.6) is 0 Å². The first-order valence-corrected chi connectivity index (χ1v) is 5.19. The Hall–Kier alpha value is -2.23. The molecule has 4 heteroatoms. The van der Waals surface area contributed by atoms with Gasteiger partial charge in [-0.3, -0.25) is 10.4 Å². The number of nitrogens with one attached hydrogen (secondary N) is 1. The van der Waals surface area contributed by atoms with Gasteiger partial charge in [0.15, 0.2) is 0 Å². The number of carbonyl (C=O) groups excluding carboxylic acids is 1. The minimum absolute atomic E-state index is 0.247. The third-order valence-electron chi connectivity index (χ3n) is 1.96. The van der Waals surface area contributed by atoms with Gasteiger partial charge in [0, 0.05) is 12.3 Å². The number of allylic oxidation sites excluding steroid dienone is 1. The van der Waals surface area contributed by atoms with E-state index in [1.54, 1.807) is 31.3 Å². The van der Waals surface area contributed by atoms with Crippen LogP contribution in [0.25, 0.3) is 6.08 Å². The molecule has 88 valence electrons. The normalized spacial score (nSPS) is 10.2. The van der Waals surface area contributed by atoms with Crippen LogP contribution >= 0.6 is 0 Å². The van der Waals surface area contributed by atoms with E-state index in [4.69, 9.17) is 10.1 Å². The molecule has 0 spiro atoms. The maximum Gasteiger partial charge on any atom is 0.330 e. The first-order chi connectivity index (χ1) is 8.17. The van der Waals surface area contributed by atoms with E-state index in [0.29, 0.717) is 12.3 Å². The van der Waals surface area contributed by atoms with Crippen molar-refractivity contribution < 1.29 is 9.53 Å². The lowest BCUT2D eigenvalue weighted by Crippen LogP contribution is -1.99. The van der Waals surface area contributed by atoms with Gasteiger partial charge in [-0.15, -0.1) is 0 Å². The Kier molecular flexibility index (Phi) is 4.81. The summed E-state index contributed by atoms with van der Waals surface area (Å²) in [6, 6.07) is 3.45. The summed E-state index contributed by atoms with van der Waals surface area (Å²) in [5.74, 6) is -0.385. The summed E-state index contributed by atoms with van der Waals surface area (Å²) in [7, 11) is 0. The molecule has 0 saturated heterocycles. The number of nitrogens with zero attached hydrogens (tertiary/aromatic N) is 1. The Morgan fingerprint density at radius 2 is 2.41 bits per heavy atom. The van der Waals surface area contributed by atoms with Gasteiger partial charge in [-0.25, -0.2) is 4.79 Å². The zero-order valence-electron chi connectivity index (χ0n) is 9.64. The van der Waals surface area contributed by atoms with Crippen LogP contribution in [-0.2, 0) is 9.53 Å². The molecule has 0 aliphatic heterocycles. The highest BCUT2D eigenvalue weighted by Crippen LogP contribution is 2.05. The molecule has 0 bridgehead atoms. The lowest BCUT2D eigenvalue weighted by atomic mass is 10.1. The Balaban J connectivity index is 2.82. The summed E-state index contributed by atoms with van der Waals surface area (Å²) in [5, 5.41) is 7.56. The molecule has 4 nitrogen and oxygen atoms in total. The molecule has 0 radical (unpaired) electrons. The van der Waals surface area contributed by atoms with Gasteiger partial charge < -0.3 is 4.74 Å². The van der Waals surface area contributed by atoms with Crippen molar-refractivity contribution in [1.29, 1.82) is 5.41 Å². The average molecular weight is 230 g/mol. The van der Waals surface area contributed by atoms with Crippen LogP contribution in [0.1, 0.15) is 18.2 Å². The molecule has 0 amide bonds. The van der Waals surface area contributed by atoms with Gasteiger partial charge >= 0.3 is 5.97 Å². The van der Waals surface area contributed by atoms with E-state index < -0.39 is 0 Å². The number of aromatic nitrogens is 1. The molecule has 0 aliphatic rings. The molecular weight excluding hydrogens is 216 g/mol. The number of hydrogen-bond acceptors (Lipinski definition) is 4. The average Bonchev–Trinajstić information content (AvgIpc) is 2.36. The minimum Gasteiger partial charge on any atom is -0.463 e. The summed E-state index contributed by atoms with van der Waals surface area (Å²) in [6.07, 6.45) is 5.97. The maximum atomic E-state index is 11.1. The van der Waals surface area contributed by atoms with Gasteiger partial charge in [-0.1, -0.05) is 6.58 Å². The second-order valence-electron chi connectivity index (χ2n) is 3.18. The summed E-state index contributed by atoms with van der Waals surface area (Å²) >= 11 is 0. The quantitative estimate of drug-likeness (QED) is 0.479. The van der Waals surface area contributed by atoms with Crippen molar-refractivity contribution in [1.82, 2.24) is 4.98 Å². The molecule has 1 heterocycles. The van der Waals surface area contributed by atoms with Crippen LogP contribution in [0.2, 0.25) is 0 Å². The fourth-order valence-electron chi connectivity index (χ4n) is 1.16. The number of rotatable bonds is 5. The molecular formula is C13H14N2O2. The molecule has 0 atom stereocenters. The molecule has 0 unspecified atom stereocenters. The molecule has 0 saturated carbocycles. The van der Waals surface area contributed by atoms with Crippen molar-refractivity contribution >= 4 is 17.8 Å². The van der Waals surface area contributed by atoms with Gasteiger partial charge in [0.1, 0.15) is 0 Å². The maximum absolute atomic E-state index is 11.1. The van der Waals surface area contributed by atoms with Crippen LogP contribution in [0.4, 0.5) is 0 Å². The molecule has 1 N–H and O–H groups in total. The molecule has 0 aliphatic carbocycles. The van der Waals surface area contributed by atoms with E-state index in [1.807, 2.05) is 0 Å². The van der Waals surface area contributed by atoms with Crippen molar-refractivity contribution in [2.45, 2.75) is 6.92 Å². The summed E-state index contributed by atoms with van der Waals surface area (Å²) in [4.78, 5) is 15.1. The lowest BCUT2D eigenvalue weighted by Gasteiger charge is -1.99. The van der Waals surface area contributed by atoms with Crippen molar-refractivity contribution in [3.05, 3.63) is 48.3 Å². The first kappa shape index (κ1) is 12.8. The van der Waals surface area contributed by atoms with E-state index in [-0.39, 0.29) is 11.7 Å². The van der Waals surface area contributed by atoms with E-state index in [2.05, 4.69) is 11.6 Å². The minimum atomic E-state index is -0.385. The monoisotopic (exact) mass is 230 g/mol. The number of ether oxygens (including phenoxy) is 1. The fraction of sp³-hybridized carbons (Fsp3) is 0.154. The van der Waals surface area contributed by atoms with Crippen LogP contribution < -0.4 is 0 Å². The number of esters is 1. The Bertz CT molecular complexity index is 464. The predicted octanol–water partition coefficient (Wildman–Crippen LogP) is 2.21. The molecule has 0 aromatic carbocycles. The highest BCUT2D eigenvalue weighted by Gasteiger charge is 1.99. The lowest BCUT2D eigenvalue weighted by molar-refractivity contribution is -0.137. The van der Waals surface area contributed by atoms with Crippen LogP contribution in [0, 0.1) is 5.41 Å².